The summed E-state index contributed by atoms with van der Waals surface area (Å²) in [4.78, 5) is 22.0. The van der Waals surface area contributed by atoms with Crippen LogP contribution >= 0.6 is 11.6 Å². The normalized spacial score (nSPS) is 13.7. The number of rotatable bonds is 4. The lowest BCUT2D eigenvalue weighted by Crippen LogP contribution is -2.23. The van der Waals surface area contributed by atoms with Crippen LogP contribution < -0.4 is 15.0 Å². The van der Waals surface area contributed by atoms with Crippen LogP contribution in [0.1, 0.15) is 0 Å². The maximum atomic E-state index is 13.4. The zero-order chi connectivity index (χ0) is 19.0. The van der Waals surface area contributed by atoms with Gasteiger partial charge in [0, 0.05) is 17.1 Å². The van der Waals surface area contributed by atoms with Gasteiger partial charge >= 0.3 is 6.09 Å². The van der Waals surface area contributed by atoms with Crippen molar-refractivity contribution in [3.63, 3.8) is 0 Å². The number of fused-ring (bicyclic) bond motifs is 1. The molecule has 1 amide bonds. The third kappa shape index (κ3) is 3.19. The van der Waals surface area contributed by atoms with Gasteiger partial charge in [0.05, 0.1) is 29.9 Å². The number of halogens is 2. The maximum Gasteiger partial charge on any atom is 0.414 e. The highest BCUT2D eigenvalue weighted by atomic mass is 35.5. The molecule has 0 bridgehead atoms. The lowest BCUT2D eigenvalue weighted by molar-refractivity contribution is 0.181. The molecule has 27 heavy (non-hydrogen) atoms. The second-order valence-corrected chi connectivity index (χ2v) is 6.19. The molecule has 7 nitrogen and oxygen atoms in total. The van der Waals surface area contributed by atoms with Crippen molar-refractivity contribution >= 4 is 45.8 Å². The first-order valence-corrected chi connectivity index (χ1v) is 8.44. The number of benzene rings is 2. The van der Waals surface area contributed by atoms with Crippen LogP contribution in [-0.2, 0) is 4.74 Å². The summed E-state index contributed by atoms with van der Waals surface area (Å²) in [6, 6.07) is 7.77. The van der Waals surface area contributed by atoms with Crippen molar-refractivity contribution in [3.8, 4) is 5.75 Å². The molecule has 0 saturated carbocycles. The molecule has 1 saturated heterocycles. The van der Waals surface area contributed by atoms with Crippen LogP contribution in [0.2, 0.25) is 5.02 Å². The van der Waals surface area contributed by atoms with E-state index < -0.39 is 11.9 Å². The van der Waals surface area contributed by atoms with Gasteiger partial charge in [-0.3, -0.25) is 4.90 Å². The van der Waals surface area contributed by atoms with Gasteiger partial charge in [0.15, 0.2) is 0 Å². The van der Waals surface area contributed by atoms with Gasteiger partial charge in [-0.15, -0.1) is 0 Å². The molecule has 1 fully saturated rings. The number of nitrogens with one attached hydrogen (secondary N) is 1. The number of ether oxygens (including phenoxy) is 2. The molecule has 0 aliphatic carbocycles. The molecule has 3 aromatic rings. The fraction of sp³-hybridized carbons (Fsp3) is 0.167. The molecule has 1 aliphatic rings. The highest BCUT2D eigenvalue weighted by Crippen LogP contribution is 2.36. The number of carbonyl (C=O) groups excluding carboxylic acids is 1. The van der Waals surface area contributed by atoms with Crippen molar-refractivity contribution in [2.45, 2.75) is 0 Å². The fourth-order valence-electron chi connectivity index (χ4n) is 2.87. The van der Waals surface area contributed by atoms with E-state index in [0.29, 0.717) is 47.0 Å². The molecule has 1 N–H and O–H groups in total. The summed E-state index contributed by atoms with van der Waals surface area (Å²) in [5.41, 5.74) is 1.75. The number of nitrogens with zero attached hydrogens (tertiary/aromatic N) is 3. The zero-order valence-corrected chi connectivity index (χ0v) is 15.0. The van der Waals surface area contributed by atoms with Gasteiger partial charge in [-0.25, -0.2) is 19.2 Å². The first kappa shape index (κ1) is 17.3. The number of hydrogen-bond acceptors (Lipinski definition) is 6. The third-order valence-electron chi connectivity index (χ3n) is 4.17. The highest BCUT2D eigenvalue weighted by molar-refractivity contribution is 6.31. The predicted molar refractivity (Wildman–Crippen MR) is 99.5 cm³/mol. The minimum Gasteiger partial charge on any atom is -0.494 e. The molecule has 0 spiro atoms. The Bertz CT molecular complexity index is 1050. The first-order chi connectivity index (χ1) is 13.1. The van der Waals surface area contributed by atoms with E-state index in [0.717, 1.165) is 0 Å². The number of cyclic esters (lactones) is 1. The van der Waals surface area contributed by atoms with Crippen LogP contribution in [0.25, 0.3) is 10.9 Å². The number of amides is 1. The molecule has 4 rings (SSSR count). The van der Waals surface area contributed by atoms with Crippen molar-refractivity contribution in [1.82, 2.24) is 9.97 Å². The monoisotopic (exact) mass is 388 g/mol. The van der Waals surface area contributed by atoms with E-state index in [2.05, 4.69) is 15.3 Å². The zero-order valence-electron chi connectivity index (χ0n) is 14.2. The molecule has 0 radical (unpaired) electrons. The first-order valence-electron chi connectivity index (χ1n) is 8.06. The Morgan fingerprint density at radius 2 is 2.15 bits per heavy atom. The lowest BCUT2D eigenvalue weighted by atomic mass is 10.1. The van der Waals surface area contributed by atoms with Gasteiger partial charge < -0.3 is 14.8 Å². The molecule has 0 atom stereocenters. The Hall–Kier alpha value is -3.13. The fourth-order valence-corrected chi connectivity index (χ4v) is 3.05. The number of carbonyl (C=O) groups is 1. The summed E-state index contributed by atoms with van der Waals surface area (Å²) in [5.74, 6) is 0.476. The van der Waals surface area contributed by atoms with Crippen LogP contribution in [0.5, 0.6) is 5.75 Å². The summed E-state index contributed by atoms with van der Waals surface area (Å²) in [6.07, 6.45) is 0.961. The molecule has 138 valence electrons. The number of aromatic nitrogens is 2. The van der Waals surface area contributed by atoms with Crippen LogP contribution in [0.15, 0.2) is 36.7 Å². The lowest BCUT2D eigenvalue weighted by Gasteiger charge is -2.18. The van der Waals surface area contributed by atoms with Gasteiger partial charge in [-0.05, 0) is 24.3 Å². The second-order valence-electron chi connectivity index (χ2n) is 5.78. The second kappa shape index (κ2) is 6.88. The van der Waals surface area contributed by atoms with E-state index in [1.54, 1.807) is 18.2 Å². The van der Waals surface area contributed by atoms with Crippen molar-refractivity contribution in [1.29, 1.82) is 0 Å². The summed E-state index contributed by atoms with van der Waals surface area (Å²) < 4.78 is 23.8. The highest BCUT2D eigenvalue weighted by Gasteiger charge is 2.27. The Balaban J connectivity index is 1.81. The van der Waals surface area contributed by atoms with Gasteiger partial charge in [-0.1, -0.05) is 11.6 Å². The Morgan fingerprint density at radius 3 is 2.85 bits per heavy atom. The Morgan fingerprint density at radius 1 is 1.30 bits per heavy atom. The molecule has 9 heteroatoms. The predicted octanol–water partition coefficient (Wildman–Crippen LogP) is 4.13. The van der Waals surface area contributed by atoms with E-state index in [1.807, 2.05) is 0 Å². The van der Waals surface area contributed by atoms with Gasteiger partial charge in [-0.2, -0.15) is 0 Å². The smallest absolute Gasteiger partial charge is 0.414 e. The third-order valence-corrected chi connectivity index (χ3v) is 4.46. The average Bonchev–Trinajstić information content (AvgIpc) is 3.09. The van der Waals surface area contributed by atoms with Crippen molar-refractivity contribution in [3.05, 3.63) is 47.5 Å². The van der Waals surface area contributed by atoms with Crippen molar-refractivity contribution < 1.29 is 18.7 Å². The molecular weight excluding hydrogens is 375 g/mol. The molecule has 1 aliphatic heterocycles. The SMILES string of the molecule is COc1cc2ncnc(Nc3ccc(F)c(Cl)c3)c2cc1N1CCOC1=O. The minimum atomic E-state index is -0.505. The van der Waals surface area contributed by atoms with Gasteiger partial charge in [0.2, 0.25) is 0 Å². The van der Waals surface area contributed by atoms with E-state index in [4.69, 9.17) is 21.1 Å². The van der Waals surface area contributed by atoms with E-state index >= 15 is 0 Å². The topological polar surface area (TPSA) is 76.6 Å². The molecule has 0 unspecified atom stereocenters. The molecule has 2 aromatic carbocycles. The van der Waals surface area contributed by atoms with E-state index in [-0.39, 0.29) is 5.02 Å². The standard InChI is InChI=1S/C18H14ClFN4O3/c1-26-16-8-14-11(7-15(16)24-4-5-27-18(24)25)17(22-9-21-14)23-10-2-3-13(20)12(19)6-10/h2-3,6-9H,4-5H2,1H3,(H,21,22,23). The quantitative estimate of drug-likeness (QED) is 0.724. The average molecular weight is 389 g/mol. The van der Waals surface area contributed by atoms with Crippen LogP contribution in [0.4, 0.5) is 26.4 Å². The van der Waals surface area contributed by atoms with Crippen LogP contribution in [0.3, 0.4) is 0 Å². The number of anilines is 3. The number of hydrogen-bond donors (Lipinski definition) is 1. The number of methoxy groups -OCH3 is 1. The molecule has 1 aromatic heterocycles. The summed E-state index contributed by atoms with van der Waals surface area (Å²) in [6.45, 7) is 0.731. The summed E-state index contributed by atoms with van der Waals surface area (Å²) in [5, 5.41) is 3.76. The van der Waals surface area contributed by atoms with Crippen molar-refractivity contribution in [2.75, 3.05) is 30.5 Å². The largest absolute Gasteiger partial charge is 0.494 e. The molecule has 2 heterocycles. The summed E-state index contributed by atoms with van der Waals surface area (Å²) >= 11 is 5.84. The van der Waals surface area contributed by atoms with E-state index in [1.165, 1.54) is 30.5 Å². The van der Waals surface area contributed by atoms with Crippen molar-refractivity contribution in [2.24, 2.45) is 0 Å². The molecular formula is C18H14ClFN4O3. The van der Waals surface area contributed by atoms with E-state index in [9.17, 15) is 9.18 Å². The maximum absolute atomic E-state index is 13.4. The Kier molecular flexibility index (Phi) is 4.41. The summed E-state index contributed by atoms with van der Waals surface area (Å²) in [7, 11) is 1.52. The van der Waals surface area contributed by atoms with Crippen LogP contribution in [0, 0.1) is 5.82 Å². The van der Waals surface area contributed by atoms with Gasteiger partial charge in [0.25, 0.3) is 0 Å². The van der Waals surface area contributed by atoms with Gasteiger partial charge in [0.1, 0.15) is 30.3 Å². The van der Waals surface area contributed by atoms with Crippen LogP contribution in [-0.4, -0.2) is 36.3 Å². The minimum absolute atomic E-state index is 0.000493. The Labute approximate surface area is 158 Å².